The molecule has 0 atom stereocenters. The number of amides is 1. The first-order valence-corrected chi connectivity index (χ1v) is 8.51. The van der Waals surface area contributed by atoms with Crippen LogP contribution in [0.25, 0.3) is 0 Å². The quantitative estimate of drug-likeness (QED) is 0.766. The van der Waals surface area contributed by atoms with Crippen molar-refractivity contribution >= 4 is 5.91 Å². The van der Waals surface area contributed by atoms with Crippen LogP contribution in [0.4, 0.5) is 13.2 Å². The van der Waals surface area contributed by atoms with Gasteiger partial charge in [0.15, 0.2) is 5.82 Å². The van der Waals surface area contributed by atoms with Crippen LogP contribution >= 0.6 is 0 Å². The zero-order chi connectivity index (χ0) is 19.2. The molecule has 142 valence electrons. The molecule has 26 heavy (non-hydrogen) atoms. The average molecular weight is 369 g/mol. The second kappa shape index (κ2) is 8.82. The smallest absolute Gasteiger partial charge is 0.356 e. The van der Waals surface area contributed by atoms with E-state index in [2.05, 4.69) is 15.5 Å². The van der Waals surface area contributed by atoms with Gasteiger partial charge in [0, 0.05) is 25.3 Å². The maximum absolute atomic E-state index is 12.5. The zero-order valence-electron chi connectivity index (χ0n) is 14.8. The van der Waals surface area contributed by atoms with Crippen molar-refractivity contribution in [1.82, 2.24) is 15.5 Å². The fraction of sp³-hybridized carbons (Fsp3) is 0.500. The molecule has 1 amide bonds. The summed E-state index contributed by atoms with van der Waals surface area (Å²) in [7, 11) is 0. The third kappa shape index (κ3) is 6.16. The van der Waals surface area contributed by atoms with Crippen LogP contribution in [0.15, 0.2) is 28.8 Å². The van der Waals surface area contributed by atoms with E-state index in [1.165, 1.54) is 12.1 Å². The van der Waals surface area contributed by atoms with Crippen molar-refractivity contribution in [2.24, 2.45) is 0 Å². The van der Waals surface area contributed by atoms with Crippen LogP contribution < -0.4 is 5.32 Å². The fourth-order valence-corrected chi connectivity index (χ4v) is 2.30. The summed E-state index contributed by atoms with van der Waals surface area (Å²) < 4.78 is 42.6. The monoisotopic (exact) mass is 369 g/mol. The molecular weight excluding hydrogens is 347 g/mol. The number of halogens is 3. The highest BCUT2D eigenvalue weighted by Gasteiger charge is 2.29. The molecule has 0 saturated carbocycles. The molecule has 0 aliphatic carbocycles. The number of carbonyl (C=O) groups excluding carboxylic acids is 1. The molecule has 0 saturated heterocycles. The highest BCUT2D eigenvalue weighted by Crippen LogP contribution is 2.29. The van der Waals surface area contributed by atoms with Crippen molar-refractivity contribution in [3.8, 4) is 0 Å². The third-order valence-electron chi connectivity index (χ3n) is 3.81. The van der Waals surface area contributed by atoms with Crippen LogP contribution in [0.1, 0.15) is 55.4 Å². The van der Waals surface area contributed by atoms with Gasteiger partial charge >= 0.3 is 6.18 Å². The number of hydrogen-bond acceptors (Lipinski definition) is 4. The van der Waals surface area contributed by atoms with Crippen LogP contribution in [0.2, 0.25) is 0 Å². The number of carbonyl (C=O) groups is 1. The Morgan fingerprint density at radius 1 is 1.19 bits per heavy atom. The van der Waals surface area contributed by atoms with Gasteiger partial charge in [0.25, 0.3) is 0 Å². The molecule has 1 aromatic carbocycles. The number of benzene rings is 1. The number of nitrogens with zero attached hydrogens (tertiary/aromatic N) is 2. The number of aryl methyl sites for hydroxylation is 1. The first-order valence-electron chi connectivity index (χ1n) is 8.51. The van der Waals surface area contributed by atoms with Gasteiger partial charge in [-0.1, -0.05) is 31.1 Å². The van der Waals surface area contributed by atoms with Gasteiger partial charge in [-0.25, -0.2) is 0 Å². The minimum atomic E-state index is -4.33. The Hall–Kier alpha value is -2.38. The summed E-state index contributed by atoms with van der Waals surface area (Å²) in [5.74, 6) is 1.26. The van der Waals surface area contributed by atoms with Crippen LogP contribution in [-0.4, -0.2) is 22.6 Å². The fourth-order valence-electron chi connectivity index (χ4n) is 2.30. The Bertz CT molecular complexity index is 709. The van der Waals surface area contributed by atoms with Crippen molar-refractivity contribution in [3.63, 3.8) is 0 Å². The number of hydrogen-bond donors (Lipinski definition) is 1. The lowest BCUT2D eigenvalue weighted by Gasteiger charge is -2.08. The molecule has 0 fully saturated rings. The Morgan fingerprint density at radius 3 is 2.46 bits per heavy atom. The molecule has 0 aliphatic heterocycles. The van der Waals surface area contributed by atoms with E-state index in [0.717, 1.165) is 17.7 Å². The lowest BCUT2D eigenvalue weighted by atomic mass is 10.1. The second-order valence-electron chi connectivity index (χ2n) is 6.35. The Labute approximate surface area is 150 Å². The van der Waals surface area contributed by atoms with Crippen molar-refractivity contribution in [3.05, 3.63) is 47.1 Å². The molecule has 2 aromatic rings. The molecule has 8 heteroatoms. The summed E-state index contributed by atoms with van der Waals surface area (Å²) in [6.07, 6.45) is -2.41. The molecule has 0 radical (unpaired) electrons. The highest BCUT2D eigenvalue weighted by atomic mass is 19.4. The van der Waals surface area contributed by atoms with E-state index < -0.39 is 11.7 Å². The SMILES string of the molecule is CC(C)c1noc(CCCC(=O)NCCc2ccc(C(F)(F)F)cc2)n1. The van der Waals surface area contributed by atoms with E-state index in [0.29, 0.717) is 43.9 Å². The third-order valence-corrected chi connectivity index (χ3v) is 3.81. The van der Waals surface area contributed by atoms with Gasteiger partial charge in [0.2, 0.25) is 11.8 Å². The lowest BCUT2D eigenvalue weighted by Crippen LogP contribution is -2.25. The first kappa shape index (κ1) is 19.9. The predicted octanol–water partition coefficient (Wildman–Crippen LogP) is 3.89. The van der Waals surface area contributed by atoms with E-state index in [4.69, 9.17) is 4.52 Å². The summed E-state index contributed by atoms with van der Waals surface area (Å²) in [6.45, 7) is 4.32. The second-order valence-corrected chi connectivity index (χ2v) is 6.35. The molecular formula is C18H22F3N3O2. The highest BCUT2D eigenvalue weighted by molar-refractivity contribution is 5.75. The summed E-state index contributed by atoms with van der Waals surface area (Å²) in [5, 5.41) is 6.62. The van der Waals surface area contributed by atoms with Crippen LogP contribution in [0.3, 0.4) is 0 Å². The van der Waals surface area contributed by atoms with Gasteiger partial charge in [0.1, 0.15) is 0 Å². The Balaban J connectivity index is 1.65. The lowest BCUT2D eigenvalue weighted by molar-refractivity contribution is -0.137. The van der Waals surface area contributed by atoms with Crippen LogP contribution in [0.5, 0.6) is 0 Å². The van der Waals surface area contributed by atoms with E-state index in [-0.39, 0.29) is 11.8 Å². The van der Waals surface area contributed by atoms with E-state index in [9.17, 15) is 18.0 Å². The topological polar surface area (TPSA) is 68.0 Å². The first-order chi connectivity index (χ1) is 12.3. The minimum absolute atomic E-state index is 0.111. The van der Waals surface area contributed by atoms with Gasteiger partial charge in [-0.2, -0.15) is 18.2 Å². The van der Waals surface area contributed by atoms with Crippen LogP contribution in [0, 0.1) is 0 Å². The van der Waals surface area contributed by atoms with Crippen LogP contribution in [-0.2, 0) is 23.8 Å². The van der Waals surface area contributed by atoms with E-state index in [1.54, 1.807) is 0 Å². The Morgan fingerprint density at radius 2 is 1.88 bits per heavy atom. The summed E-state index contributed by atoms with van der Waals surface area (Å²) in [5.41, 5.74) is 0.0670. The van der Waals surface area contributed by atoms with Gasteiger partial charge in [0.05, 0.1) is 5.56 Å². The minimum Gasteiger partial charge on any atom is -0.356 e. The molecule has 1 heterocycles. The maximum atomic E-state index is 12.5. The number of alkyl halides is 3. The largest absolute Gasteiger partial charge is 0.416 e. The zero-order valence-corrected chi connectivity index (χ0v) is 14.8. The molecule has 5 nitrogen and oxygen atoms in total. The Kier molecular flexibility index (Phi) is 6.76. The van der Waals surface area contributed by atoms with E-state index >= 15 is 0 Å². The van der Waals surface area contributed by atoms with Crippen molar-refractivity contribution in [1.29, 1.82) is 0 Å². The van der Waals surface area contributed by atoms with Gasteiger partial charge in [-0.3, -0.25) is 4.79 Å². The van der Waals surface area contributed by atoms with Gasteiger partial charge in [-0.05, 0) is 30.5 Å². The van der Waals surface area contributed by atoms with Gasteiger partial charge in [-0.15, -0.1) is 0 Å². The maximum Gasteiger partial charge on any atom is 0.416 e. The summed E-state index contributed by atoms with van der Waals surface area (Å²) >= 11 is 0. The van der Waals surface area contributed by atoms with Crippen molar-refractivity contribution in [2.75, 3.05) is 6.54 Å². The molecule has 2 rings (SSSR count). The average Bonchev–Trinajstić information content (AvgIpc) is 3.04. The predicted molar refractivity (Wildman–Crippen MR) is 89.5 cm³/mol. The normalized spacial score (nSPS) is 11.8. The van der Waals surface area contributed by atoms with Crippen molar-refractivity contribution < 1.29 is 22.5 Å². The molecule has 0 spiro atoms. The molecule has 1 aromatic heterocycles. The van der Waals surface area contributed by atoms with Crippen molar-refractivity contribution in [2.45, 2.75) is 51.6 Å². The number of aromatic nitrogens is 2. The number of rotatable bonds is 8. The summed E-state index contributed by atoms with van der Waals surface area (Å²) in [6, 6.07) is 4.95. The molecule has 1 N–H and O–H groups in total. The number of nitrogens with one attached hydrogen (secondary N) is 1. The molecule has 0 unspecified atom stereocenters. The molecule has 0 bridgehead atoms. The van der Waals surface area contributed by atoms with Gasteiger partial charge < -0.3 is 9.84 Å². The standard InChI is InChI=1S/C18H22F3N3O2/c1-12(2)17-23-16(26-24-17)5-3-4-15(25)22-11-10-13-6-8-14(9-7-13)18(19,20)21/h6-9,12H,3-5,10-11H2,1-2H3,(H,22,25). The molecule has 0 aliphatic rings. The van der Waals surface area contributed by atoms with E-state index in [1.807, 2.05) is 13.8 Å². The summed E-state index contributed by atoms with van der Waals surface area (Å²) in [4.78, 5) is 16.0.